The van der Waals surface area contributed by atoms with Gasteiger partial charge in [-0.25, -0.2) is 0 Å². The van der Waals surface area contributed by atoms with Crippen molar-refractivity contribution in [3.05, 3.63) is 29.6 Å². The Bertz CT molecular complexity index is 358. The summed E-state index contributed by atoms with van der Waals surface area (Å²) in [4.78, 5) is 4.43. The normalized spacial score (nSPS) is 18.4. The lowest BCUT2D eigenvalue weighted by molar-refractivity contribution is 0.514. The zero-order valence-electron chi connectivity index (χ0n) is 12.2. The minimum Gasteiger partial charge on any atom is -0.309 e. The van der Waals surface area contributed by atoms with Gasteiger partial charge in [0.15, 0.2) is 0 Å². The first-order valence-corrected chi connectivity index (χ1v) is 8.62. The molecule has 1 saturated carbocycles. The van der Waals surface area contributed by atoms with Crippen LogP contribution in [0, 0.1) is 6.92 Å². The van der Waals surface area contributed by atoms with E-state index in [1.165, 1.54) is 43.4 Å². The maximum Gasteiger partial charge on any atom is 0.0427 e. The Labute approximate surface area is 121 Å². The fourth-order valence-corrected chi connectivity index (χ4v) is 4.11. The van der Waals surface area contributed by atoms with Crippen molar-refractivity contribution in [2.45, 2.75) is 57.2 Å². The van der Waals surface area contributed by atoms with Gasteiger partial charge in [-0.2, -0.15) is 11.8 Å². The SMILES string of the molecule is CCNC(CSC1CCCCC1)c1ccc(C)nc1. The van der Waals surface area contributed by atoms with Gasteiger partial charge in [-0.3, -0.25) is 4.98 Å². The molecule has 0 radical (unpaired) electrons. The number of thioether (sulfide) groups is 1. The Kier molecular flexibility index (Phi) is 6.18. The van der Waals surface area contributed by atoms with Gasteiger partial charge in [-0.1, -0.05) is 32.3 Å². The number of nitrogens with zero attached hydrogens (tertiary/aromatic N) is 1. The Balaban J connectivity index is 1.89. The summed E-state index contributed by atoms with van der Waals surface area (Å²) in [6.07, 6.45) is 9.15. The summed E-state index contributed by atoms with van der Waals surface area (Å²) in [5.41, 5.74) is 2.43. The van der Waals surface area contributed by atoms with Crippen molar-refractivity contribution in [3.63, 3.8) is 0 Å². The second-order valence-corrected chi connectivity index (χ2v) is 6.77. The van der Waals surface area contributed by atoms with Gasteiger partial charge in [0.05, 0.1) is 0 Å². The van der Waals surface area contributed by atoms with Gasteiger partial charge in [-0.15, -0.1) is 0 Å². The van der Waals surface area contributed by atoms with Crippen LogP contribution in [-0.2, 0) is 0 Å². The molecule has 0 bridgehead atoms. The van der Waals surface area contributed by atoms with Crippen molar-refractivity contribution in [2.24, 2.45) is 0 Å². The first-order chi connectivity index (χ1) is 9.29. The molecule has 1 aliphatic carbocycles. The van der Waals surface area contributed by atoms with E-state index in [4.69, 9.17) is 0 Å². The summed E-state index contributed by atoms with van der Waals surface area (Å²) in [5.74, 6) is 1.17. The maximum atomic E-state index is 4.43. The van der Waals surface area contributed by atoms with Crippen LogP contribution in [0.15, 0.2) is 18.3 Å². The van der Waals surface area contributed by atoms with Crippen molar-refractivity contribution in [2.75, 3.05) is 12.3 Å². The number of hydrogen-bond acceptors (Lipinski definition) is 3. The summed E-state index contributed by atoms with van der Waals surface area (Å²) in [7, 11) is 0. The Hall–Kier alpha value is -0.540. The second-order valence-electron chi connectivity index (χ2n) is 5.44. The molecule has 1 atom stereocenters. The third kappa shape index (κ3) is 4.81. The summed E-state index contributed by atoms with van der Waals surface area (Å²) in [6, 6.07) is 4.78. The van der Waals surface area contributed by atoms with Crippen LogP contribution in [0.25, 0.3) is 0 Å². The number of pyridine rings is 1. The highest BCUT2D eigenvalue weighted by Crippen LogP contribution is 2.30. The molecule has 0 spiro atoms. The third-order valence-corrected chi connectivity index (χ3v) is 5.31. The van der Waals surface area contributed by atoms with Gasteiger partial charge in [0.1, 0.15) is 0 Å². The third-order valence-electron chi connectivity index (χ3n) is 3.84. The van der Waals surface area contributed by atoms with Gasteiger partial charge in [0.2, 0.25) is 0 Å². The number of aryl methyl sites for hydroxylation is 1. The van der Waals surface area contributed by atoms with E-state index < -0.39 is 0 Å². The molecule has 0 aliphatic heterocycles. The van der Waals surface area contributed by atoms with Crippen molar-refractivity contribution in [1.82, 2.24) is 10.3 Å². The largest absolute Gasteiger partial charge is 0.309 e. The topological polar surface area (TPSA) is 24.9 Å². The highest BCUT2D eigenvalue weighted by atomic mass is 32.2. The van der Waals surface area contributed by atoms with Gasteiger partial charge >= 0.3 is 0 Å². The first kappa shape index (κ1) is 14.9. The van der Waals surface area contributed by atoms with Crippen LogP contribution in [0.3, 0.4) is 0 Å². The summed E-state index contributed by atoms with van der Waals surface area (Å²) >= 11 is 2.15. The van der Waals surface area contributed by atoms with E-state index in [1.807, 2.05) is 13.1 Å². The van der Waals surface area contributed by atoms with Crippen LogP contribution in [0.5, 0.6) is 0 Å². The molecule has 106 valence electrons. The molecule has 1 aromatic heterocycles. The molecule has 3 heteroatoms. The minimum atomic E-state index is 0.449. The van der Waals surface area contributed by atoms with Crippen LogP contribution >= 0.6 is 11.8 Å². The van der Waals surface area contributed by atoms with Crippen molar-refractivity contribution < 1.29 is 0 Å². The molecule has 2 rings (SSSR count). The molecule has 0 amide bonds. The summed E-state index contributed by atoms with van der Waals surface area (Å²) in [6.45, 7) is 5.24. The van der Waals surface area contributed by atoms with Gasteiger partial charge < -0.3 is 5.32 Å². The van der Waals surface area contributed by atoms with Crippen LogP contribution in [0.4, 0.5) is 0 Å². The van der Waals surface area contributed by atoms with E-state index in [1.54, 1.807) is 0 Å². The quantitative estimate of drug-likeness (QED) is 0.848. The van der Waals surface area contributed by atoms with Gasteiger partial charge in [0.25, 0.3) is 0 Å². The number of rotatable bonds is 6. The molecule has 2 nitrogen and oxygen atoms in total. The maximum absolute atomic E-state index is 4.43. The Morgan fingerprint density at radius 3 is 2.74 bits per heavy atom. The van der Waals surface area contributed by atoms with E-state index in [-0.39, 0.29) is 0 Å². The molecule has 1 aromatic rings. The molecule has 1 aliphatic rings. The van der Waals surface area contributed by atoms with Crippen LogP contribution in [0.1, 0.15) is 56.3 Å². The molecule has 1 heterocycles. The summed E-state index contributed by atoms with van der Waals surface area (Å²) < 4.78 is 0. The second kappa shape index (κ2) is 7.91. The molecule has 0 saturated heterocycles. The van der Waals surface area contributed by atoms with Crippen LogP contribution in [-0.4, -0.2) is 22.5 Å². The van der Waals surface area contributed by atoms with E-state index in [9.17, 15) is 0 Å². The first-order valence-electron chi connectivity index (χ1n) is 7.57. The lowest BCUT2D eigenvalue weighted by Crippen LogP contribution is -2.24. The standard InChI is InChI=1S/C16H26N2S/c1-3-17-16(14-10-9-13(2)18-11-14)12-19-15-7-5-4-6-8-15/h9-11,15-17H,3-8,12H2,1-2H3. The Morgan fingerprint density at radius 2 is 2.11 bits per heavy atom. The molecule has 1 unspecified atom stereocenters. The number of nitrogens with one attached hydrogen (secondary N) is 1. The average molecular weight is 278 g/mol. The fourth-order valence-electron chi connectivity index (χ4n) is 2.67. The lowest BCUT2D eigenvalue weighted by Gasteiger charge is -2.24. The van der Waals surface area contributed by atoms with E-state index in [0.29, 0.717) is 6.04 Å². The molecule has 0 aromatic carbocycles. The highest BCUT2D eigenvalue weighted by molar-refractivity contribution is 7.99. The number of aromatic nitrogens is 1. The van der Waals surface area contributed by atoms with Crippen molar-refractivity contribution >= 4 is 11.8 Å². The van der Waals surface area contributed by atoms with Crippen LogP contribution in [0.2, 0.25) is 0 Å². The zero-order chi connectivity index (χ0) is 13.5. The average Bonchev–Trinajstić information content (AvgIpc) is 2.46. The smallest absolute Gasteiger partial charge is 0.0427 e. The molecule has 1 N–H and O–H groups in total. The minimum absolute atomic E-state index is 0.449. The molecular weight excluding hydrogens is 252 g/mol. The van der Waals surface area contributed by atoms with Crippen molar-refractivity contribution in [1.29, 1.82) is 0 Å². The summed E-state index contributed by atoms with van der Waals surface area (Å²) in [5, 5.41) is 4.48. The monoisotopic (exact) mass is 278 g/mol. The van der Waals surface area contributed by atoms with E-state index in [2.05, 4.69) is 41.1 Å². The molecule has 19 heavy (non-hydrogen) atoms. The lowest BCUT2D eigenvalue weighted by atomic mass is 10.0. The van der Waals surface area contributed by atoms with E-state index >= 15 is 0 Å². The zero-order valence-corrected chi connectivity index (χ0v) is 13.0. The molecular formula is C16H26N2S. The number of hydrogen-bond donors (Lipinski definition) is 1. The van der Waals surface area contributed by atoms with Gasteiger partial charge in [-0.05, 0) is 37.9 Å². The van der Waals surface area contributed by atoms with Crippen LogP contribution < -0.4 is 5.32 Å². The fraction of sp³-hybridized carbons (Fsp3) is 0.688. The van der Waals surface area contributed by atoms with E-state index in [0.717, 1.165) is 17.5 Å². The predicted molar refractivity (Wildman–Crippen MR) is 84.7 cm³/mol. The highest BCUT2D eigenvalue weighted by Gasteiger charge is 2.17. The molecule has 1 fully saturated rings. The predicted octanol–water partition coefficient (Wildman–Crippen LogP) is 4.11. The van der Waals surface area contributed by atoms with Crippen molar-refractivity contribution in [3.8, 4) is 0 Å². The van der Waals surface area contributed by atoms with Gasteiger partial charge in [0, 0.05) is 28.9 Å². The Morgan fingerprint density at radius 1 is 1.32 bits per heavy atom.